The normalized spacial score (nSPS) is 16.1. The average Bonchev–Trinajstić information content (AvgIpc) is 3.54. The van der Waals surface area contributed by atoms with Crippen LogP contribution >= 0.6 is 0 Å². The molecule has 0 radical (unpaired) electrons. The van der Waals surface area contributed by atoms with E-state index in [2.05, 4.69) is 58.4 Å². The van der Waals surface area contributed by atoms with E-state index in [0.29, 0.717) is 13.2 Å². The molecule has 0 aliphatic carbocycles. The molecule has 7 nitrogen and oxygen atoms in total. The van der Waals surface area contributed by atoms with Crippen molar-refractivity contribution in [2.75, 3.05) is 33.4 Å². The highest BCUT2D eigenvalue weighted by Gasteiger charge is 2.20. The fourth-order valence-corrected chi connectivity index (χ4v) is 5.02. The number of pyridine rings is 1. The zero-order valence-electron chi connectivity index (χ0n) is 20.9. The number of ether oxygens (including phenoxy) is 2. The van der Waals surface area contributed by atoms with E-state index in [-0.39, 0.29) is 6.10 Å². The third-order valence-corrected chi connectivity index (χ3v) is 6.95. The summed E-state index contributed by atoms with van der Waals surface area (Å²) >= 11 is 0. The van der Waals surface area contributed by atoms with E-state index in [4.69, 9.17) is 14.5 Å². The van der Waals surface area contributed by atoms with Gasteiger partial charge in [0.25, 0.3) is 0 Å². The van der Waals surface area contributed by atoms with E-state index < -0.39 is 0 Å². The summed E-state index contributed by atoms with van der Waals surface area (Å²) in [7, 11) is 1.66. The molecule has 1 saturated heterocycles. The molecule has 188 valence electrons. The molecule has 0 spiro atoms. The van der Waals surface area contributed by atoms with Crippen LogP contribution in [-0.4, -0.2) is 64.1 Å². The van der Waals surface area contributed by atoms with Gasteiger partial charge in [-0.3, -0.25) is 9.47 Å². The smallest absolute Gasteiger partial charge is 0.139 e. The standard InChI is InChI=1S/C30H30N4O3/c1-36-15-16-37-25-10-11-28-27(17-25)31-20-34(28)29-12-9-23-3-2-4-26(30(23)32-29)22-7-5-21(6-8-22)18-33-14-13-24(35)19-33/h2-12,17,20,24,35H,13-16,18-19H2,1H3/t24-/m1/s1. The van der Waals surface area contributed by atoms with Crippen molar-refractivity contribution in [3.8, 4) is 22.7 Å². The molecule has 1 aliphatic rings. The van der Waals surface area contributed by atoms with Crippen LogP contribution in [0.15, 0.2) is 79.1 Å². The van der Waals surface area contributed by atoms with Gasteiger partial charge in [-0.05, 0) is 41.8 Å². The third kappa shape index (κ3) is 4.93. The number of nitrogens with zero attached hydrogens (tertiary/aromatic N) is 4. The van der Waals surface area contributed by atoms with Crippen molar-refractivity contribution in [3.63, 3.8) is 0 Å². The Labute approximate surface area is 215 Å². The number of benzene rings is 3. The van der Waals surface area contributed by atoms with Crippen molar-refractivity contribution in [1.29, 1.82) is 0 Å². The van der Waals surface area contributed by atoms with Crippen LogP contribution in [0, 0.1) is 0 Å². The fourth-order valence-electron chi connectivity index (χ4n) is 5.02. The lowest BCUT2D eigenvalue weighted by Gasteiger charge is -2.15. The number of para-hydroxylation sites is 1. The summed E-state index contributed by atoms with van der Waals surface area (Å²) in [6, 6.07) is 25.1. The van der Waals surface area contributed by atoms with Crippen molar-refractivity contribution < 1.29 is 14.6 Å². The Bertz CT molecular complexity index is 1530. The molecule has 1 N–H and O–H groups in total. The van der Waals surface area contributed by atoms with E-state index in [0.717, 1.165) is 70.7 Å². The largest absolute Gasteiger partial charge is 0.491 e. The predicted octanol–water partition coefficient (Wildman–Crippen LogP) is 4.83. The van der Waals surface area contributed by atoms with Crippen LogP contribution in [0.5, 0.6) is 5.75 Å². The Morgan fingerprint density at radius 2 is 1.89 bits per heavy atom. The van der Waals surface area contributed by atoms with Gasteiger partial charge in [-0.25, -0.2) is 9.97 Å². The van der Waals surface area contributed by atoms with Crippen LogP contribution in [0.3, 0.4) is 0 Å². The highest BCUT2D eigenvalue weighted by Crippen LogP contribution is 2.30. The summed E-state index contributed by atoms with van der Waals surface area (Å²) < 4.78 is 12.8. The summed E-state index contributed by atoms with van der Waals surface area (Å²) in [5.41, 5.74) is 6.26. The van der Waals surface area contributed by atoms with Gasteiger partial charge in [0.15, 0.2) is 0 Å². The maximum Gasteiger partial charge on any atom is 0.139 e. The van der Waals surface area contributed by atoms with Gasteiger partial charge in [0.05, 0.1) is 29.3 Å². The lowest BCUT2D eigenvalue weighted by Crippen LogP contribution is -2.21. The van der Waals surface area contributed by atoms with Crippen LogP contribution in [0.1, 0.15) is 12.0 Å². The van der Waals surface area contributed by atoms with Crippen molar-refractivity contribution in [2.45, 2.75) is 19.1 Å². The maximum absolute atomic E-state index is 9.81. The predicted molar refractivity (Wildman–Crippen MR) is 145 cm³/mol. The van der Waals surface area contributed by atoms with Gasteiger partial charge in [-0.15, -0.1) is 0 Å². The molecular formula is C30H30N4O3. The molecule has 6 rings (SSSR count). The first-order valence-corrected chi connectivity index (χ1v) is 12.7. The summed E-state index contributed by atoms with van der Waals surface area (Å²) in [5, 5.41) is 10.9. The Hall–Kier alpha value is -3.78. The number of hydrogen-bond donors (Lipinski definition) is 1. The van der Waals surface area contributed by atoms with Gasteiger partial charge in [0, 0.05) is 43.8 Å². The summed E-state index contributed by atoms with van der Waals surface area (Å²) in [5.74, 6) is 1.59. The first-order valence-electron chi connectivity index (χ1n) is 12.7. The van der Waals surface area contributed by atoms with Crippen molar-refractivity contribution >= 4 is 21.9 Å². The van der Waals surface area contributed by atoms with Gasteiger partial charge in [0.2, 0.25) is 0 Å². The Balaban J connectivity index is 1.30. The quantitative estimate of drug-likeness (QED) is 0.312. The molecule has 5 aromatic rings. The number of likely N-dealkylation sites (tertiary alicyclic amines) is 1. The van der Waals surface area contributed by atoms with Crippen LogP contribution in [-0.2, 0) is 11.3 Å². The molecule has 1 aliphatic heterocycles. The van der Waals surface area contributed by atoms with Gasteiger partial charge in [-0.2, -0.15) is 0 Å². The van der Waals surface area contributed by atoms with Crippen molar-refractivity contribution in [2.24, 2.45) is 0 Å². The topological polar surface area (TPSA) is 72.6 Å². The second-order valence-corrected chi connectivity index (χ2v) is 9.53. The highest BCUT2D eigenvalue weighted by molar-refractivity contribution is 5.94. The number of aliphatic hydroxyl groups excluding tert-OH is 1. The SMILES string of the molecule is COCCOc1ccc2c(c1)ncn2-c1ccc2cccc(-c3ccc(CN4CC[C@@H](O)C4)cc3)c2n1. The molecule has 2 aromatic heterocycles. The highest BCUT2D eigenvalue weighted by atomic mass is 16.5. The molecule has 7 heteroatoms. The van der Waals surface area contributed by atoms with E-state index in [1.807, 2.05) is 35.2 Å². The minimum absolute atomic E-state index is 0.195. The number of hydrogen-bond acceptors (Lipinski definition) is 6. The van der Waals surface area contributed by atoms with Crippen LogP contribution in [0.25, 0.3) is 38.9 Å². The lowest BCUT2D eigenvalue weighted by atomic mass is 10.0. The molecule has 1 atom stereocenters. The van der Waals surface area contributed by atoms with E-state index >= 15 is 0 Å². The molecule has 0 saturated carbocycles. The average molecular weight is 495 g/mol. The molecule has 1 fully saturated rings. The number of methoxy groups -OCH3 is 1. The Kier molecular flexibility index (Phi) is 6.57. The van der Waals surface area contributed by atoms with Gasteiger partial charge in [0.1, 0.15) is 24.5 Å². The minimum atomic E-state index is -0.195. The molecule has 37 heavy (non-hydrogen) atoms. The number of imidazole rings is 1. The van der Waals surface area contributed by atoms with E-state index in [1.165, 1.54) is 5.56 Å². The zero-order chi connectivity index (χ0) is 25.2. The second kappa shape index (κ2) is 10.3. The molecule has 3 aromatic carbocycles. The number of β-amino-alcohol motifs (C(OH)–C–C–N with tert-alkyl or cyclic N) is 1. The van der Waals surface area contributed by atoms with Crippen LogP contribution in [0.2, 0.25) is 0 Å². The molecule has 0 amide bonds. The van der Waals surface area contributed by atoms with Gasteiger partial charge in [-0.1, -0.05) is 42.5 Å². The first-order chi connectivity index (χ1) is 18.2. The first kappa shape index (κ1) is 23.6. The van der Waals surface area contributed by atoms with Gasteiger partial charge >= 0.3 is 0 Å². The van der Waals surface area contributed by atoms with E-state index in [9.17, 15) is 5.11 Å². The summed E-state index contributed by atoms with van der Waals surface area (Å²) in [6.45, 7) is 3.61. The van der Waals surface area contributed by atoms with Crippen LogP contribution in [0.4, 0.5) is 0 Å². The minimum Gasteiger partial charge on any atom is -0.491 e. The Morgan fingerprint density at radius 1 is 1.00 bits per heavy atom. The number of aliphatic hydroxyl groups is 1. The summed E-state index contributed by atoms with van der Waals surface area (Å²) in [4.78, 5) is 12.0. The van der Waals surface area contributed by atoms with Crippen LogP contribution < -0.4 is 4.74 Å². The van der Waals surface area contributed by atoms with E-state index in [1.54, 1.807) is 7.11 Å². The number of rotatable bonds is 8. The number of fused-ring (bicyclic) bond motifs is 2. The molecule has 0 unspecified atom stereocenters. The van der Waals surface area contributed by atoms with Crippen molar-refractivity contribution in [3.05, 3.63) is 84.7 Å². The maximum atomic E-state index is 9.81. The number of aromatic nitrogens is 3. The second-order valence-electron chi connectivity index (χ2n) is 9.53. The fraction of sp³-hybridized carbons (Fsp3) is 0.267. The molecule has 3 heterocycles. The molecule has 0 bridgehead atoms. The third-order valence-electron chi connectivity index (χ3n) is 6.95. The van der Waals surface area contributed by atoms with Crippen molar-refractivity contribution in [1.82, 2.24) is 19.4 Å². The van der Waals surface area contributed by atoms with Gasteiger partial charge < -0.3 is 14.6 Å². The zero-order valence-corrected chi connectivity index (χ0v) is 20.9. The summed E-state index contributed by atoms with van der Waals surface area (Å²) in [6.07, 6.45) is 2.47. The Morgan fingerprint density at radius 3 is 2.70 bits per heavy atom. The molecular weight excluding hydrogens is 464 g/mol. The monoisotopic (exact) mass is 494 g/mol. The lowest BCUT2D eigenvalue weighted by molar-refractivity contribution is 0.146.